The molecule has 0 fully saturated rings. The Balaban J connectivity index is 2.14. The molecule has 0 saturated carbocycles. The summed E-state index contributed by atoms with van der Waals surface area (Å²) in [6.45, 7) is 0. The molecule has 2 rings (SSSR count). The second-order valence-electron chi connectivity index (χ2n) is 3.26. The summed E-state index contributed by atoms with van der Waals surface area (Å²) >= 11 is 3.30. The van der Waals surface area contributed by atoms with E-state index in [1.807, 2.05) is 12.1 Å². The zero-order chi connectivity index (χ0) is 12.3. The van der Waals surface area contributed by atoms with Gasteiger partial charge in [0.2, 0.25) is 0 Å². The number of halogens is 1. The van der Waals surface area contributed by atoms with E-state index in [1.165, 1.54) is 6.20 Å². The number of anilines is 1. The molecule has 2 N–H and O–H groups in total. The Morgan fingerprint density at radius 3 is 2.59 bits per heavy atom. The molecule has 0 aliphatic rings. The monoisotopic (exact) mass is 293 g/mol. The molecule has 0 atom stereocenters. The van der Waals surface area contributed by atoms with Gasteiger partial charge in [-0.3, -0.25) is 9.59 Å². The fourth-order valence-electron chi connectivity index (χ4n) is 1.19. The molecule has 0 radical (unpaired) electrons. The minimum Gasteiger partial charge on any atom is -0.325 e. The number of amides is 1. The summed E-state index contributed by atoms with van der Waals surface area (Å²) in [5.41, 5.74) is 0.476. The van der Waals surface area contributed by atoms with Crippen LogP contribution in [0, 0.1) is 0 Å². The topological polar surface area (TPSA) is 74.8 Å². The average Bonchev–Trinajstić information content (AvgIpc) is 2.33. The second kappa shape index (κ2) is 4.92. The summed E-state index contributed by atoms with van der Waals surface area (Å²) < 4.78 is 0.928. The largest absolute Gasteiger partial charge is 0.325 e. The molecule has 0 unspecified atom stereocenters. The van der Waals surface area contributed by atoms with Crippen molar-refractivity contribution in [3.8, 4) is 0 Å². The Morgan fingerprint density at radius 1 is 1.29 bits per heavy atom. The van der Waals surface area contributed by atoms with E-state index in [1.54, 1.807) is 12.1 Å². The van der Waals surface area contributed by atoms with Crippen molar-refractivity contribution in [3.05, 3.63) is 57.2 Å². The number of nitrogens with zero attached hydrogens (tertiary/aromatic N) is 1. The molecular formula is C11H8BrN3O2. The Bertz CT molecular complexity index is 572. The van der Waals surface area contributed by atoms with Crippen LogP contribution in [0.3, 0.4) is 0 Å². The van der Waals surface area contributed by atoms with Crippen LogP contribution in [-0.2, 0) is 0 Å². The van der Waals surface area contributed by atoms with Gasteiger partial charge in [-0.15, -0.1) is 0 Å². The molecule has 17 heavy (non-hydrogen) atoms. The van der Waals surface area contributed by atoms with Crippen molar-refractivity contribution in [2.75, 3.05) is 5.32 Å². The van der Waals surface area contributed by atoms with Gasteiger partial charge in [0, 0.05) is 16.4 Å². The third kappa shape index (κ3) is 3.01. The molecule has 1 amide bonds. The average molecular weight is 294 g/mol. The van der Waals surface area contributed by atoms with E-state index >= 15 is 0 Å². The fraction of sp³-hybridized carbons (Fsp3) is 0. The maximum Gasteiger partial charge on any atom is 0.275 e. The number of nitrogens with one attached hydrogen (secondary N) is 2. The summed E-state index contributed by atoms with van der Waals surface area (Å²) in [7, 11) is 0. The van der Waals surface area contributed by atoms with Crippen LogP contribution in [0.15, 0.2) is 45.9 Å². The number of hydrogen-bond donors (Lipinski definition) is 2. The molecule has 0 spiro atoms. The van der Waals surface area contributed by atoms with Gasteiger partial charge in [-0.2, -0.15) is 0 Å². The fourth-order valence-corrected chi connectivity index (χ4v) is 1.46. The number of aromatic nitrogens is 2. The van der Waals surface area contributed by atoms with Gasteiger partial charge in [0.05, 0.1) is 6.20 Å². The predicted octanol–water partition coefficient (Wildman–Crippen LogP) is 1.78. The van der Waals surface area contributed by atoms with Gasteiger partial charge < -0.3 is 10.3 Å². The summed E-state index contributed by atoms with van der Waals surface area (Å²) in [5.74, 6) is -0.372. The molecule has 1 aromatic carbocycles. The molecule has 0 bridgehead atoms. The second-order valence-corrected chi connectivity index (χ2v) is 4.17. The molecule has 86 valence electrons. The van der Waals surface area contributed by atoms with Crippen LogP contribution in [0.2, 0.25) is 0 Å². The lowest BCUT2D eigenvalue weighted by Gasteiger charge is -2.03. The third-order valence-electron chi connectivity index (χ3n) is 2.01. The van der Waals surface area contributed by atoms with Crippen LogP contribution in [-0.4, -0.2) is 15.9 Å². The summed E-state index contributed by atoms with van der Waals surface area (Å²) in [4.78, 5) is 28.6. The number of aromatic amines is 1. The Morgan fingerprint density at radius 2 is 2.00 bits per heavy atom. The number of hydrogen-bond acceptors (Lipinski definition) is 3. The molecule has 0 aliphatic carbocycles. The Hall–Kier alpha value is -1.95. The van der Waals surface area contributed by atoms with Crippen LogP contribution < -0.4 is 10.9 Å². The van der Waals surface area contributed by atoms with E-state index in [-0.39, 0.29) is 17.2 Å². The van der Waals surface area contributed by atoms with Crippen molar-refractivity contribution in [1.82, 2.24) is 9.97 Å². The first-order valence-corrected chi connectivity index (χ1v) is 5.56. The molecule has 5 nitrogen and oxygen atoms in total. The maximum atomic E-state index is 11.7. The molecule has 1 heterocycles. The lowest BCUT2D eigenvalue weighted by Crippen LogP contribution is -2.16. The minimum absolute atomic E-state index is 0.160. The number of benzene rings is 1. The first kappa shape index (κ1) is 11.5. The van der Waals surface area contributed by atoms with E-state index in [4.69, 9.17) is 0 Å². The van der Waals surface area contributed by atoms with Crippen LogP contribution in [0.4, 0.5) is 5.69 Å². The van der Waals surface area contributed by atoms with Gasteiger partial charge in [-0.25, -0.2) is 4.98 Å². The normalized spacial score (nSPS) is 9.94. The quantitative estimate of drug-likeness (QED) is 0.886. The van der Waals surface area contributed by atoms with E-state index in [9.17, 15) is 9.59 Å². The molecule has 1 aromatic heterocycles. The predicted molar refractivity (Wildman–Crippen MR) is 67.0 cm³/mol. The van der Waals surface area contributed by atoms with Crippen molar-refractivity contribution in [1.29, 1.82) is 0 Å². The van der Waals surface area contributed by atoms with Crippen molar-refractivity contribution >= 4 is 27.5 Å². The Kier molecular flexibility index (Phi) is 3.34. The maximum absolute atomic E-state index is 11.7. The van der Waals surface area contributed by atoms with Gasteiger partial charge in [0.15, 0.2) is 0 Å². The van der Waals surface area contributed by atoms with Crippen LogP contribution in [0.1, 0.15) is 10.5 Å². The van der Waals surface area contributed by atoms with Crippen LogP contribution in [0.5, 0.6) is 0 Å². The van der Waals surface area contributed by atoms with Crippen molar-refractivity contribution in [2.45, 2.75) is 0 Å². The smallest absolute Gasteiger partial charge is 0.275 e. The number of H-pyrrole nitrogens is 1. The van der Waals surface area contributed by atoms with Gasteiger partial charge in [0.1, 0.15) is 5.69 Å². The molecule has 0 aliphatic heterocycles. The summed E-state index contributed by atoms with van der Waals surface area (Å²) in [6.07, 6.45) is 2.34. The summed E-state index contributed by atoms with van der Waals surface area (Å²) in [6, 6.07) is 7.15. The highest BCUT2D eigenvalue weighted by atomic mass is 79.9. The third-order valence-corrected chi connectivity index (χ3v) is 2.54. The lowest BCUT2D eigenvalue weighted by molar-refractivity contribution is 0.102. The highest BCUT2D eigenvalue weighted by molar-refractivity contribution is 9.10. The van der Waals surface area contributed by atoms with E-state index in [2.05, 4.69) is 31.2 Å². The van der Waals surface area contributed by atoms with Crippen molar-refractivity contribution in [3.63, 3.8) is 0 Å². The minimum atomic E-state index is -0.372. The van der Waals surface area contributed by atoms with Crippen LogP contribution >= 0.6 is 15.9 Å². The molecular weight excluding hydrogens is 286 g/mol. The number of carbonyl (C=O) groups is 1. The zero-order valence-electron chi connectivity index (χ0n) is 8.61. The highest BCUT2D eigenvalue weighted by Gasteiger charge is 2.07. The van der Waals surface area contributed by atoms with Gasteiger partial charge in [0.25, 0.3) is 11.5 Å². The summed E-state index contributed by atoms with van der Waals surface area (Å²) in [5, 5.41) is 2.66. The molecule has 6 heteroatoms. The van der Waals surface area contributed by atoms with Crippen LogP contribution in [0.25, 0.3) is 0 Å². The number of rotatable bonds is 2. The van der Waals surface area contributed by atoms with Gasteiger partial charge in [-0.05, 0) is 24.3 Å². The standard InChI is InChI=1S/C11H8BrN3O2/c12-7-1-3-8(4-2-7)15-11(17)9-5-14-10(16)6-13-9/h1-6H,(H,14,16)(H,15,17). The lowest BCUT2D eigenvalue weighted by atomic mass is 10.3. The number of carbonyl (C=O) groups excluding carboxylic acids is 1. The van der Waals surface area contributed by atoms with E-state index in [0.717, 1.165) is 10.7 Å². The van der Waals surface area contributed by atoms with Crippen molar-refractivity contribution in [2.24, 2.45) is 0 Å². The van der Waals surface area contributed by atoms with Gasteiger partial charge >= 0.3 is 0 Å². The van der Waals surface area contributed by atoms with E-state index in [0.29, 0.717) is 5.69 Å². The van der Waals surface area contributed by atoms with Crippen molar-refractivity contribution < 1.29 is 4.79 Å². The van der Waals surface area contributed by atoms with E-state index < -0.39 is 0 Å². The SMILES string of the molecule is O=C(Nc1ccc(Br)cc1)c1c[nH]c(=O)cn1. The zero-order valence-corrected chi connectivity index (χ0v) is 10.2. The Labute approximate surface area is 105 Å². The highest BCUT2D eigenvalue weighted by Crippen LogP contribution is 2.14. The first-order valence-electron chi connectivity index (χ1n) is 4.77. The molecule has 2 aromatic rings. The van der Waals surface area contributed by atoms with Gasteiger partial charge in [-0.1, -0.05) is 15.9 Å². The molecule has 0 saturated heterocycles. The first-order chi connectivity index (χ1) is 8.15.